The molecule has 2 aromatic carbocycles. The van der Waals surface area contributed by atoms with Crippen LogP contribution in [-0.4, -0.2) is 7.05 Å². The van der Waals surface area contributed by atoms with Crippen molar-refractivity contribution in [2.45, 2.75) is 26.8 Å². The van der Waals surface area contributed by atoms with Crippen LogP contribution in [0.2, 0.25) is 5.02 Å². The molecule has 0 saturated carbocycles. The number of hydrogen-bond donors (Lipinski definition) is 1. The molecule has 0 aliphatic rings. The van der Waals surface area contributed by atoms with E-state index < -0.39 is 0 Å². The van der Waals surface area contributed by atoms with Crippen molar-refractivity contribution >= 4 is 11.6 Å². The molecule has 0 aliphatic heterocycles. The molecule has 0 amide bonds. The normalized spacial score (nSPS) is 12.5. The van der Waals surface area contributed by atoms with Crippen LogP contribution < -0.4 is 5.32 Å². The minimum Gasteiger partial charge on any atom is -0.309 e. The summed E-state index contributed by atoms with van der Waals surface area (Å²) in [6.45, 7) is 6.31. The van der Waals surface area contributed by atoms with Crippen LogP contribution in [0.25, 0.3) is 0 Å². The van der Waals surface area contributed by atoms with Gasteiger partial charge in [-0.05, 0) is 56.1 Å². The molecule has 0 saturated heterocycles. The summed E-state index contributed by atoms with van der Waals surface area (Å²) in [5.41, 5.74) is 6.14. The Kier molecular flexibility index (Phi) is 4.28. The minimum absolute atomic E-state index is 0.132. The Morgan fingerprint density at radius 1 is 0.947 bits per heavy atom. The lowest BCUT2D eigenvalue weighted by Crippen LogP contribution is -2.18. The fourth-order valence-electron chi connectivity index (χ4n) is 2.29. The van der Waals surface area contributed by atoms with Crippen LogP contribution in [0.4, 0.5) is 0 Å². The van der Waals surface area contributed by atoms with Crippen molar-refractivity contribution < 1.29 is 0 Å². The van der Waals surface area contributed by atoms with Crippen molar-refractivity contribution in [3.05, 3.63) is 69.2 Å². The molecule has 0 radical (unpaired) electrons. The van der Waals surface area contributed by atoms with Gasteiger partial charge in [0.15, 0.2) is 0 Å². The van der Waals surface area contributed by atoms with Crippen molar-refractivity contribution in [2.24, 2.45) is 0 Å². The van der Waals surface area contributed by atoms with Crippen LogP contribution in [0.15, 0.2) is 36.4 Å². The van der Waals surface area contributed by atoms with Gasteiger partial charge in [-0.25, -0.2) is 0 Å². The Morgan fingerprint density at radius 3 is 2.11 bits per heavy atom. The summed E-state index contributed by atoms with van der Waals surface area (Å²) in [5, 5.41) is 4.18. The van der Waals surface area contributed by atoms with Gasteiger partial charge in [0.05, 0.1) is 6.04 Å². The fourth-order valence-corrected chi connectivity index (χ4v) is 2.61. The molecule has 1 nitrogen and oxygen atoms in total. The first-order valence-electron chi connectivity index (χ1n) is 6.53. The molecule has 0 bridgehead atoms. The van der Waals surface area contributed by atoms with Gasteiger partial charge < -0.3 is 5.32 Å². The van der Waals surface area contributed by atoms with Gasteiger partial charge in [0.25, 0.3) is 0 Å². The van der Waals surface area contributed by atoms with E-state index in [-0.39, 0.29) is 6.04 Å². The Balaban J connectivity index is 2.47. The fraction of sp³-hybridized carbons (Fsp3) is 0.294. The zero-order valence-electron chi connectivity index (χ0n) is 11.9. The van der Waals surface area contributed by atoms with Crippen LogP contribution in [0.5, 0.6) is 0 Å². The maximum atomic E-state index is 6.42. The zero-order chi connectivity index (χ0) is 14.0. The van der Waals surface area contributed by atoms with Gasteiger partial charge in [-0.1, -0.05) is 47.5 Å². The minimum atomic E-state index is 0.132. The molecule has 1 N–H and O–H groups in total. The first-order chi connectivity index (χ1) is 9.02. The summed E-state index contributed by atoms with van der Waals surface area (Å²) in [6, 6.07) is 12.9. The SMILES string of the molecule is CNC(c1ccc(C)cc1)c1cc(C)c(C)cc1Cl. The molecular weight excluding hydrogens is 254 g/mol. The van der Waals surface area contributed by atoms with Crippen LogP contribution in [0.1, 0.15) is 33.9 Å². The van der Waals surface area contributed by atoms with Crippen molar-refractivity contribution in [1.82, 2.24) is 5.32 Å². The van der Waals surface area contributed by atoms with E-state index in [2.05, 4.69) is 56.4 Å². The number of aryl methyl sites for hydroxylation is 3. The largest absolute Gasteiger partial charge is 0.309 e. The molecule has 2 aromatic rings. The maximum absolute atomic E-state index is 6.42. The highest BCUT2D eigenvalue weighted by molar-refractivity contribution is 6.31. The summed E-state index contributed by atoms with van der Waals surface area (Å²) in [6.07, 6.45) is 0. The predicted molar refractivity (Wildman–Crippen MR) is 83.0 cm³/mol. The average molecular weight is 274 g/mol. The van der Waals surface area contributed by atoms with E-state index in [0.717, 1.165) is 10.6 Å². The molecule has 0 heterocycles. The monoisotopic (exact) mass is 273 g/mol. The van der Waals surface area contributed by atoms with E-state index in [0.29, 0.717) is 0 Å². The van der Waals surface area contributed by atoms with E-state index in [1.807, 2.05) is 13.1 Å². The number of halogens is 1. The number of benzene rings is 2. The van der Waals surface area contributed by atoms with Gasteiger partial charge in [-0.2, -0.15) is 0 Å². The lowest BCUT2D eigenvalue weighted by atomic mass is 9.95. The average Bonchev–Trinajstić information content (AvgIpc) is 2.38. The standard InChI is InChI=1S/C17H20ClN/c1-11-5-7-14(8-6-11)17(19-4)15-9-12(2)13(3)10-16(15)18/h5-10,17,19H,1-4H3. The summed E-state index contributed by atoms with van der Waals surface area (Å²) >= 11 is 6.42. The summed E-state index contributed by atoms with van der Waals surface area (Å²) in [4.78, 5) is 0. The molecule has 1 unspecified atom stereocenters. The van der Waals surface area contributed by atoms with Gasteiger partial charge in [0.1, 0.15) is 0 Å². The Morgan fingerprint density at radius 2 is 1.53 bits per heavy atom. The predicted octanol–water partition coefficient (Wildman–Crippen LogP) is 4.57. The molecule has 0 fully saturated rings. The molecule has 2 heteroatoms. The van der Waals surface area contributed by atoms with Gasteiger partial charge in [-0.3, -0.25) is 0 Å². The molecule has 0 spiro atoms. The quantitative estimate of drug-likeness (QED) is 0.863. The number of rotatable bonds is 3. The van der Waals surface area contributed by atoms with E-state index in [1.165, 1.54) is 22.3 Å². The summed E-state index contributed by atoms with van der Waals surface area (Å²) in [7, 11) is 1.97. The smallest absolute Gasteiger partial charge is 0.0589 e. The highest BCUT2D eigenvalue weighted by Crippen LogP contribution is 2.30. The van der Waals surface area contributed by atoms with Crippen molar-refractivity contribution in [3.63, 3.8) is 0 Å². The Hall–Kier alpha value is -1.31. The van der Waals surface area contributed by atoms with Gasteiger partial charge in [0, 0.05) is 5.02 Å². The molecule has 1 atom stereocenters. The molecular formula is C17H20ClN. The van der Waals surface area contributed by atoms with Crippen LogP contribution in [0.3, 0.4) is 0 Å². The molecule has 100 valence electrons. The van der Waals surface area contributed by atoms with Gasteiger partial charge in [-0.15, -0.1) is 0 Å². The van der Waals surface area contributed by atoms with Gasteiger partial charge >= 0.3 is 0 Å². The third kappa shape index (κ3) is 2.99. The van der Waals surface area contributed by atoms with Crippen molar-refractivity contribution in [3.8, 4) is 0 Å². The summed E-state index contributed by atoms with van der Waals surface area (Å²) in [5.74, 6) is 0. The third-order valence-electron chi connectivity index (χ3n) is 3.62. The van der Waals surface area contributed by atoms with E-state index in [1.54, 1.807) is 0 Å². The highest BCUT2D eigenvalue weighted by Gasteiger charge is 2.16. The summed E-state index contributed by atoms with van der Waals surface area (Å²) < 4.78 is 0. The maximum Gasteiger partial charge on any atom is 0.0589 e. The molecule has 19 heavy (non-hydrogen) atoms. The molecule has 0 aliphatic carbocycles. The lowest BCUT2D eigenvalue weighted by molar-refractivity contribution is 0.691. The number of nitrogens with one attached hydrogen (secondary N) is 1. The first kappa shape index (κ1) is 14.1. The van der Waals surface area contributed by atoms with E-state index in [4.69, 9.17) is 11.6 Å². The topological polar surface area (TPSA) is 12.0 Å². The van der Waals surface area contributed by atoms with Crippen molar-refractivity contribution in [2.75, 3.05) is 7.05 Å². The molecule has 0 aromatic heterocycles. The van der Waals surface area contributed by atoms with Crippen LogP contribution in [-0.2, 0) is 0 Å². The van der Waals surface area contributed by atoms with E-state index in [9.17, 15) is 0 Å². The highest BCUT2D eigenvalue weighted by atomic mass is 35.5. The lowest BCUT2D eigenvalue weighted by Gasteiger charge is -2.20. The molecule has 2 rings (SSSR count). The Bertz CT molecular complexity index is 573. The van der Waals surface area contributed by atoms with E-state index >= 15 is 0 Å². The third-order valence-corrected chi connectivity index (χ3v) is 3.95. The second kappa shape index (κ2) is 5.77. The first-order valence-corrected chi connectivity index (χ1v) is 6.91. The van der Waals surface area contributed by atoms with Crippen LogP contribution >= 0.6 is 11.6 Å². The second-order valence-electron chi connectivity index (χ2n) is 5.09. The number of hydrogen-bond acceptors (Lipinski definition) is 1. The van der Waals surface area contributed by atoms with Crippen molar-refractivity contribution in [1.29, 1.82) is 0 Å². The Labute approximate surface area is 120 Å². The second-order valence-corrected chi connectivity index (χ2v) is 5.50. The van der Waals surface area contributed by atoms with Crippen LogP contribution in [0, 0.1) is 20.8 Å². The van der Waals surface area contributed by atoms with Gasteiger partial charge in [0.2, 0.25) is 0 Å². The zero-order valence-corrected chi connectivity index (χ0v) is 12.7.